The van der Waals surface area contributed by atoms with Crippen LogP contribution >= 0.6 is 11.6 Å². The fourth-order valence-electron chi connectivity index (χ4n) is 3.23. The Balaban J connectivity index is 1.38. The molecule has 0 fully saturated rings. The normalized spacial score (nSPS) is 15.9. The third kappa shape index (κ3) is 3.37. The van der Waals surface area contributed by atoms with E-state index in [9.17, 15) is 0 Å². The summed E-state index contributed by atoms with van der Waals surface area (Å²) in [4.78, 5) is 4.45. The van der Waals surface area contributed by atoms with Gasteiger partial charge in [0.1, 0.15) is 11.9 Å². The zero-order chi connectivity index (χ0) is 19.8. The first-order valence-electron chi connectivity index (χ1n) is 8.99. The van der Waals surface area contributed by atoms with E-state index in [1.54, 1.807) is 19.2 Å². The molecule has 5 rings (SSSR count). The minimum atomic E-state index is -0.115. The Bertz CT molecular complexity index is 1140. The first-order chi connectivity index (χ1) is 14.2. The molecule has 0 bridgehead atoms. The molecule has 0 spiro atoms. The van der Waals surface area contributed by atoms with Crippen LogP contribution in [-0.2, 0) is 17.9 Å². The molecule has 0 radical (unpaired) electrons. The molecular formula is C20H16ClN5O3. The van der Waals surface area contributed by atoms with Crippen LogP contribution in [-0.4, -0.2) is 32.2 Å². The summed E-state index contributed by atoms with van der Waals surface area (Å²) in [6, 6.07) is 15.0. The number of halogens is 1. The molecule has 1 aliphatic heterocycles. The summed E-state index contributed by atoms with van der Waals surface area (Å²) in [5.74, 6) is 1.58. The molecule has 8 nitrogen and oxygen atoms in total. The number of benzene rings is 2. The van der Waals surface area contributed by atoms with E-state index in [4.69, 9.17) is 25.6 Å². The predicted molar refractivity (Wildman–Crippen MR) is 104 cm³/mol. The fourth-order valence-corrected chi connectivity index (χ4v) is 3.36. The summed E-state index contributed by atoms with van der Waals surface area (Å²) >= 11 is 5.93. The molecule has 0 saturated carbocycles. The maximum atomic E-state index is 6.04. The lowest BCUT2D eigenvalue weighted by atomic mass is 10.1. The van der Waals surface area contributed by atoms with Crippen LogP contribution in [0, 0.1) is 0 Å². The largest absolute Gasteiger partial charge is 0.497 e. The van der Waals surface area contributed by atoms with Gasteiger partial charge in [-0.1, -0.05) is 34.1 Å². The zero-order valence-electron chi connectivity index (χ0n) is 15.4. The van der Waals surface area contributed by atoms with Crippen LogP contribution in [0.5, 0.6) is 5.75 Å². The summed E-state index contributed by atoms with van der Waals surface area (Å²) in [6.45, 7) is 0.893. The zero-order valence-corrected chi connectivity index (χ0v) is 16.2. The quantitative estimate of drug-likeness (QED) is 0.504. The maximum Gasteiger partial charge on any atom is 0.280 e. The van der Waals surface area contributed by atoms with E-state index < -0.39 is 0 Å². The summed E-state index contributed by atoms with van der Waals surface area (Å²) in [6.07, 6.45) is -0.115. The van der Waals surface area contributed by atoms with Crippen molar-refractivity contribution >= 4 is 11.6 Å². The number of methoxy groups -OCH3 is 1. The van der Waals surface area contributed by atoms with Crippen molar-refractivity contribution in [3.05, 3.63) is 64.8 Å². The number of ether oxygens (including phenoxy) is 2. The Hall–Kier alpha value is -3.23. The van der Waals surface area contributed by atoms with Gasteiger partial charge in [-0.15, -0.1) is 5.10 Å². The van der Waals surface area contributed by atoms with Crippen molar-refractivity contribution in [2.45, 2.75) is 19.3 Å². The average molecular weight is 410 g/mol. The lowest BCUT2D eigenvalue weighted by Crippen LogP contribution is -2.22. The van der Waals surface area contributed by atoms with Crippen LogP contribution in [0.25, 0.3) is 23.0 Å². The van der Waals surface area contributed by atoms with Crippen molar-refractivity contribution in [1.82, 2.24) is 25.1 Å². The van der Waals surface area contributed by atoms with Crippen LogP contribution < -0.4 is 4.74 Å². The van der Waals surface area contributed by atoms with Crippen LogP contribution in [0.2, 0.25) is 5.02 Å². The van der Waals surface area contributed by atoms with Gasteiger partial charge in [-0.2, -0.15) is 4.98 Å². The molecule has 0 amide bonds. The van der Waals surface area contributed by atoms with E-state index in [1.807, 2.05) is 41.1 Å². The molecule has 0 aliphatic carbocycles. The second-order valence-corrected chi connectivity index (χ2v) is 7.01. The highest BCUT2D eigenvalue weighted by Gasteiger charge is 2.28. The smallest absolute Gasteiger partial charge is 0.280 e. The predicted octanol–water partition coefficient (Wildman–Crippen LogP) is 3.93. The van der Waals surface area contributed by atoms with Gasteiger partial charge in [0, 0.05) is 10.6 Å². The van der Waals surface area contributed by atoms with E-state index in [0.717, 1.165) is 22.6 Å². The highest BCUT2D eigenvalue weighted by Crippen LogP contribution is 2.31. The van der Waals surface area contributed by atoms with Gasteiger partial charge < -0.3 is 14.0 Å². The molecule has 146 valence electrons. The summed E-state index contributed by atoms with van der Waals surface area (Å²) in [7, 11) is 1.64. The fraction of sp³-hybridized carbons (Fsp3) is 0.200. The first-order valence-corrected chi connectivity index (χ1v) is 9.37. The van der Waals surface area contributed by atoms with Crippen molar-refractivity contribution in [3.8, 4) is 28.7 Å². The molecule has 0 N–H and O–H groups in total. The van der Waals surface area contributed by atoms with E-state index in [2.05, 4.69) is 20.5 Å². The van der Waals surface area contributed by atoms with Gasteiger partial charge in [0.05, 0.1) is 26.0 Å². The monoisotopic (exact) mass is 409 g/mol. The van der Waals surface area contributed by atoms with Crippen LogP contribution in [0.1, 0.15) is 17.4 Å². The average Bonchev–Trinajstić information content (AvgIpc) is 3.41. The van der Waals surface area contributed by atoms with Crippen LogP contribution in [0.15, 0.2) is 53.1 Å². The first kappa shape index (κ1) is 17.8. The van der Waals surface area contributed by atoms with Crippen molar-refractivity contribution in [1.29, 1.82) is 0 Å². The third-order valence-corrected chi connectivity index (χ3v) is 5.07. The lowest BCUT2D eigenvalue weighted by molar-refractivity contribution is -0.00119. The van der Waals surface area contributed by atoms with E-state index >= 15 is 0 Å². The van der Waals surface area contributed by atoms with Crippen molar-refractivity contribution in [2.75, 3.05) is 7.11 Å². The van der Waals surface area contributed by atoms with Gasteiger partial charge in [0.15, 0.2) is 5.69 Å². The molecule has 29 heavy (non-hydrogen) atoms. The highest BCUT2D eigenvalue weighted by molar-refractivity contribution is 6.30. The molecule has 1 atom stereocenters. The topological polar surface area (TPSA) is 88.1 Å². The maximum absolute atomic E-state index is 6.04. The Labute approximate surface area is 171 Å². The Morgan fingerprint density at radius 3 is 2.66 bits per heavy atom. The lowest BCUT2D eigenvalue weighted by Gasteiger charge is -2.24. The van der Waals surface area contributed by atoms with E-state index in [-0.39, 0.29) is 6.10 Å². The summed E-state index contributed by atoms with van der Waals surface area (Å²) in [5.41, 5.74) is 3.20. The molecule has 4 aromatic rings. The van der Waals surface area contributed by atoms with E-state index in [1.165, 1.54) is 0 Å². The Morgan fingerprint density at radius 2 is 1.90 bits per heavy atom. The van der Waals surface area contributed by atoms with Crippen molar-refractivity contribution < 1.29 is 14.0 Å². The van der Waals surface area contributed by atoms with Gasteiger partial charge in [-0.25, -0.2) is 4.68 Å². The van der Waals surface area contributed by atoms with Gasteiger partial charge in [-0.3, -0.25) is 0 Å². The number of aromatic nitrogens is 5. The number of hydrogen-bond acceptors (Lipinski definition) is 7. The highest BCUT2D eigenvalue weighted by atomic mass is 35.5. The molecule has 2 aromatic heterocycles. The molecule has 1 aliphatic rings. The second-order valence-electron chi connectivity index (χ2n) is 6.57. The SMILES string of the molecule is COc1ccc([C@H]2Cn3nnc(-c4nc(-c5ccc(Cl)cc5)no4)c3CO2)cc1. The Kier molecular flexibility index (Phi) is 4.49. The number of hydrogen-bond donors (Lipinski definition) is 0. The van der Waals surface area contributed by atoms with Crippen LogP contribution in [0.4, 0.5) is 0 Å². The Morgan fingerprint density at radius 1 is 1.10 bits per heavy atom. The molecule has 2 aromatic carbocycles. The standard InChI is InChI=1S/C20H16ClN5O3/c1-27-15-8-4-12(5-9-15)17-10-26-16(11-28-17)18(23-25-26)20-22-19(24-29-20)13-2-6-14(21)7-3-13/h2-9,17H,10-11H2,1H3/t17-/m1/s1. The summed E-state index contributed by atoms with van der Waals surface area (Å²) < 4.78 is 18.5. The number of rotatable bonds is 4. The molecule has 3 heterocycles. The second kappa shape index (κ2) is 7.31. The molecule has 0 saturated heterocycles. The minimum Gasteiger partial charge on any atom is -0.497 e. The number of fused-ring (bicyclic) bond motifs is 1. The van der Waals surface area contributed by atoms with Gasteiger partial charge in [0.25, 0.3) is 5.89 Å². The van der Waals surface area contributed by atoms with E-state index in [0.29, 0.717) is 35.6 Å². The van der Waals surface area contributed by atoms with Crippen molar-refractivity contribution in [2.24, 2.45) is 0 Å². The van der Waals surface area contributed by atoms with Gasteiger partial charge >= 0.3 is 0 Å². The molecule has 9 heteroatoms. The molecular weight excluding hydrogens is 394 g/mol. The summed E-state index contributed by atoms with van der Waals surface area (Å²) in [5, 5.41) is 13.2. The third-order valence-electron chi connectivity index (χ3n) is 4.82. The molecule has 0 unspecified atom stereocenters. The van der Waals surface area contributed by atoms with Crippen molar-refractivity contribution in [3.63, 3.8) is 0 Å². The van der Waals surface area contributed by atoms with Gasteiger partial charge in [0.2, 0.25) is 5.82 Å². The van der Waals surface area contributed by atoms with Gasteiger partial charge in [-0.05, 0) is 42.0 Å². The minimum absolute atomic E-state index is 0.115. The van der Waals surface area contributed by atoms with Crippen LogP contribution in [0.3, 0.4) is 0 Å². The number of nitrogens with zero attached hydrogens (tertiary/aromatic N) is 5.